The van der Waals surface area contributed by atoms with Gasteiger partial charge in [-0.1, -0.05) is 23.3 Å². The number of imidazole rings is 1. The van der Waals surface area contributed by atoms with Gasteiger partial charge in [-0.05, 0) is 38.1 Å². The maximum atomic E-state index is 12.3. The third-order valence-corrected chi connectivity index (χ3v) is 3.73. The molecule has 0 fully saturated rings. The van der Waals surface area contributed by atoms with Gasteiger partial charge in [0.1, 0.15) is 5.69 Å². The summed E-state index contributed by atoms with van der Waals surface area (Å²) in [6, 6.07) is 11.6. The number of pyridine rings is 1. The third-order valence-electron chi connectivity index (χ3n) is 3.73. The van der Waals surface area contributed by atoms with Crippen LogP contribution in [-0.4, -0.2) is 27.0 Å². The highest BCUT2D eigenvalue weighted by Crippen LogP contribution is 2.13. The zero-order chi connectivity index (χ0) is 16.9. The van der Waals surface area contributed by atoms with E-state index in [0.717, 1.165) is 22.6 Å². The number of hydrogen-bond donors (Lipinski definition) is 1. The summed E-state index contributed by atoms with van der Waals surface area (Å²) in [4.78, 5) is 21.0. The van der Waals surface area contributed by atoms with E-state index >= 15 is 0 Å². The lowest BCUT2D eigenvalue weighted by atomic mass is 10.1. The molecule has 0 spiro atoms. The van der Waals surface area contributed by atoms with Crippen LogP contribution in [0.2, 0.25) is 0 Å². The van der Waals surface area contributed by atoms with Gasteiger partial charge in [0.25, 0.3) is 5.91 Å². The Morgan fingerprint density at radius 1 is 1.08 bits per heavy atom. The minimum Gasteiger partial charge on any atom is -0.350 e. The first-order valence-electron chi connectivity index (χ1n) is 7.92. The molecular weight excluding hydrogens is 300 g/mol. The van der Waals surface area contributed by atoms with Crippen molar-refractivity contribution in [1.82, 2.24) is 19.9 Å². The lowest BCUT2D eigenvalue weighted by Gasteiger charge is -2.10. The van der Waals surface area contributed by atoms with E-state index in [4.69, 9.17) is 0 Å². The molecule has 5 heteroatoms. The van der Waals surface area contributed by atoms with Crippen molar-refractivity contribution in [3.63, 3.8) is 0 Å². The van der Waals surface area contributed by atoms with Crippen molar-refractivity contribution in [3.8, 4) is 11.5 Å². The van der Waals surface area contributed by atoms with Crippen LogP contribution in [-0.2, 0) is 6.54 Å². The molecule has 1 aromatic carbocycles. The minimum atomic E-state index is -0.0544. The average molecular weight is 320 g/mol. The van der Waals surface area contributed by atoms with Crippen molar-refractivity contribution in [2.45, 2.75) is 20.4 Å². The molecule has 5 nitrogen and oxygen atoms in total. The predicted molar refractivity (Wildman–Crippen MR) is 93.7 cm³/mol. The molecule has 1 amide bonds. The van der Waals surface area contributed by atoms with E-state index < -0.39 is 0 Å². The molecule has 2 heterocycles. The molecule has 24 heavy (non-hydrogen) atoms. The molecule has 0 saturated heterocycles. The van der Waals surface area contributed by atoms with E-state index in [2.05, 4.69) is 21.4 Å². The van der Waals surface area contributed by atoms with Crippen LogP contribution in [0.3, 0.4) is 0 Å². The summed E-state index contributed by atoms with van der Waals surface area (Å²) >= 11 is 0. The number of hydrogen-bond acceptors (Lipinski definition) is 3. The van der Waals surface area contributed by atoms with E-state index in [-0.39, 0.29) is 5.91 Å². The lowest BCUT2D eigenvalue weighted by molar-refractivity contribution is 0.0952. The van der Waals surface area contributed by atoms with Gasteiger partial charge in [0.2, 0.25) is 0 Å². The van der Waals surface area contributed by atoms with Crippen LogP contribution in [0.5, 0.6) is 0 Å². The predicted octanol–water partition coefficient (Wildman–Crippen LogP) is 2.99. The second-order valence-corrected chi connectivity index (χ2v) is 5.79. The van der Waals surface area contributed by atoms with Gasteiger partial charge in [0, 0.05) is 37.2 Å². The number of carbonyl (C=O) groups excluding carboxylic acids is 1. The van der Waals surface area contributed by atoms with Crippen molar-refractivity contribution in [2.75, 3.05) is 6.54 Å². The maximum absolute atomic E-state index is 12.3. The number of benzene rings is 1. The van der Waals surface area contributed by atoms with E-state index in [1.165, 1.54) is 0 Å². The molecule has 3 aromatic rings. The lowest BCUT2D eigenvalue weighted by Crippen LogP contribution is -2.27. The summed E-state index contributed by atoms with van der Waals surface area (Å²) in [7, 11) is 0. The van der Waals surface area contributed by atoms with Crippen LogP contribution in [0.1, 0.15) is 21.5 Å². The summed E-state index contributed by atoms with van der Waals surface area (Å²) in [5.74, 6) is 0.748. The van der Waals surface area contributed by atoms with Gasteiger partial charge < -0.3 is 9.88 Å². The van der Waals surface area contributed by atoms with Gasteiger partial charge in [-0.15, -0.1) is 0 Å². The van der Waals surface area contributed by atoms with Crippen LogP contribution >= 0.6 is 0 Å². The summed E-state index contributed by atoms with van der Waals surface area (Å²) in [5.41, 5.74) is 3.70. The SMILES string of the molecule is Cc1cc(C)cc(C(=O)NCCn2ccnc2-c2ccccn2)c1. The minimum absolute atomic E-state index is 0.0544. The standard InChI is InChI=1S/C19H20N4O/c1-14-11-15(2)13-16(12-14)19(24)22-8-10-23-9-7-21-18(23)17-5-3-4-6-20-17/h3-7,9,11-13H,8,10H2,1-2H3,(H,22,24). The Morgan fingerprint density at radius 2 is 1.88 bits per heavy atom. The van der Waals surface area contributed by atoms with Gasteiger partial charge in [-0.3, -0.25) is 9.78 Å². The van der Waals surface area contributed by atoms with Crippen molar-refractivity contribution in [1.29, 1.82) is 0 Å². The van der Waals surface area contributed by atoms with Gasteiger partial charge in [-0.2, -0.15) is 0 Å². The number of amides is 1. The van der Waals surface area contributed by atoms with Gasteiger partial charge in [0.05, 0.1) is 0 Å². The van der Waals surface area contributed by atoms with Gasteiger partial charge in [-0.25, -0.2) is 4.98 Å². The summed E-state index contributed by atoms with van der Waals surface area (Å²) < 4.78 is 1.99. The van der Waals surface area contributed by atoms with E-state index in [0.29, 0.717) is 18.7 Å². The second kappa shape index (κ2) is 7.08. The van der Waals surface area contributed by atoms with Crippen LogP contribution in [0, 0.1) is 13.8 Å². The number of aryl methyl sites for hydroxylation is 2. The Balaban J connectivity index is 1.63. The van der Waals surface area contributed by atoms with E-state index in [9.17, 15) is 4.79 Å². The molecule has 0 aliphatic heterocycles. The number of nitrogens with one attached hydrogen (secondary N) is 1. The fourth-order valence-electron chi connectivity index (χ4n) is 2.72. The fourth-order valence-corrected chi connectivity index (χ4v) is 2.72. The first-order valence-corrected chi connectivity index (χ1v) is 7.92. The monoisotopic (exact) mass is 320 g/mol. The molecule has 0 atom stereocenters. The molecule has 0 radical (unpaired) electrons. The van der Waals surface area contributed by atoms with Gasteiger partial charge in [0.15, 0.2) is 5.82 Å². The molecule has 0 unspecified atom stereocenters. The Hall–Kier alpha value is -2.95. The Labute approximate surface area is 141 Å². The van der Waals surface area contributed by atoms with Crippen LogP contribution in [0.4, 0.5) is 0 Å². The number of aromatic nitrogens is 3. The highest BCUT2D eigenvalue weighted by atomic mass is 16.1. The normalized spacial score (nSPS) is 10.6. The van der Waals surface area contributed by atoms with E-state index in [1.807, 2.05) is 54.9 Å². The Bertz CT molecular complexity index is 819. The summed E-state index contributed by atoms with van der Waals surface area (Å²) in [6.07, 6.45) is 5.39. The van der Waals surface area contributed by atoms with E-state index in [1.54, 1.807) is 12.4 Å². The topological polar surface area (TPSA) is 59.8 Å². The van der Waals surface area contributed by atoms with Crippen molar-refractivity contribution in [3.05, 3.63) is 71.7 Å². The summed E-state index contributed by atoms with van der Waals surface area (Å²) in [6.45, 7) is 5.16. The molecule has 122 valence electrons. The number of rotatable bonds is 5. The fraction of sp³-hybridized carbons (Fsp3) is 0.211. The first kappa shape index (κ1) is 15.9. The smallest absolute Gasteiger partial charge is 0.251 e. The second-order valence-electron chi connectivity index (χ2n) is 5.79. The zero-order valence-electron chi connectivity index (χ0n) is 13.9. The molecule has 2 aromatic heterocycles. The highest BCUT2D eigenvalue weighted by molar-refractivity contribution is 5.94. The highest BCUT2D eigenvalue weighted by Gasteiger charge is 2.09. The molecule has 0 aliphatic rings. The van der Waals surface area contributed by atoms with Crippen molar-refractivity contribution in [2.24, 2.45) is 0 Å². The van der Waals surface area contributed by atoms with Crippen molar-refractivity contribution >= 4 is 5.91 Å². The third kappa shape index (κ3) is 3.68. The molecule has 0 aliphatic carbocycles. The Morgan fingerprint density at radius 3 is 2.58 bits per heavy atom. The number of nitrogens with zero attached hydrogens (tertiary/aromatic N) is 3. The van der Waals surface area contributed by atoms with Crippen LogP contribution in [0.15, 0.2) is 55.0 Å². The van der Waals surface area contributed by atoms with Crippen LogP contribution in [0.25, 0.3) is 11.5 Å². The maximum Gasteiger partial charge on any atom is 0.251 e. The quantitative estimate of drug-likeness (QED) is 0.786. The molecular formula is C19H20N4O. The zero-order valence-corrected chi connectivity index (χ0v) is 13.9. The molecule has 3 rings (SSSR count). The van der Waals surface area contributed by atoms with Crippen molar-refractivity contribution < 1.29 is 4.79 Å². The summed E-state index contributed by atoms with van der Waals surface area (Å²) in [5, 5.41) is 2.96. The first-order chi connectivity index (χ1) is 11.6. The number of carbonyl (C=O) groups is 1. The van der Waals surface area contributed by atoms with Gasteiger partial charge >= 0.3 is 0 Å². The Kier molecular flexibility index (Phi) is 4.70. The molecule has 1 N–H and O–H groups in total. The largest absolute Gasteiger partial charge is 0.350 e. The molecule has 0 saturated carbocycles. The van der Waals surface area contributed by atoms with Crippen LogP contribution < -0.4 is 5.32 Å². The average Bonchev–Trinajstić information content (AvgIpc) is 3.03. The molecule has 0 bridgehead atoms.